The van der Waals surface area contributed by atoms with Crippen molar-refractivity contribution < 1.29 is 4.52 Å². The molecule has 24 heavy (non-hydrogen) atoms. The minimum atomic E-state index is -0.185. The topological polar surface area (TPSA) is 84.7 Å². The molecule has 1 N–H and O–H groups in total. The fraction of sp³-hybridized carbons (Fsp3) is 0.111. The molecule has 0 unspecified atom stereocenters. The fourth-order valence-electron chi connectivity index (χ4n) is 2.51. The van der Waals surface area contributed by atoms with E-state index in [1.54, 1.807) is 18.3 Å². The van der Waals surface area contributed by atoms with Crippen molar-refractivity contribution in [3.63, 3.8) is 0 Å². The van der Waals surface area contributed by atoms with Gasteiger partial charge in [-0.15, -0.1) is 0 Å². The molecule has 0 aliphatic carbocycles. The Hall–Kier alpha value is -3.28. The third-order valence-corrected chi connectivity index (χ3v) is 3.84. The summed E-state index contributed by atoms with van der Waals surface area (Å²) >= 11 is 0. The average molecular weight is 318 g/mol. The summed E-state index contributed by atoms with van der Waals surface area (Å²) in [6.45, 7) is 3.88. The smallest absolute Gasteiger partial charge is 0.263 e. The number of hydrogen-bond acceptors (Lipinski definition) is 5. The van der Waals surface area contributed by atoms with Crippen LogP contribution in [0.4, 0.5) is 0 Å². The molecule has 4 aromatic rings. The first kappa shape index (κ1) is 14.3. The van der Waals surface area contributed by atoms with Crippen LogP contribution < -0.4 is 5.43 Å². The van der Waals surface area contributed by atoms with E-state index in [0.29, 0.717) is 22.4 Å². The number of nitrogens with zero attached hydrogens (tertiary/aromatic N) is 3. The molecule has 0 amide bonds. The van der Waals surface area contributed by atoms with E-state index in [1.807, 2.05) is 38.1 Å². The van der Waals surface area contributed by atoms with Crippen molar-refractivity contribution in [2.75, 3.05) is 0 Å². The van der Waals surface area contributed by atoms with E-state index in [2.05, 4.69) is 20.1 Å². The molecular weight excluding hydrogens is 304 g/mol. The van der Waals surface area contributed by atoms with Crippen LogP contribution in [-0.4, -0.2) is 20.1 Å². The first-order chi connectivity index (χ1) is 11.6. The van der Waals surface area contributed by atoms with E-state index < -0.39 is 0 Å². The third kappa shape index (κ3) is 2.38. The Labute approximate surface area is 137 Å². The van der Waals surface area contributed by atoms with Crippen LogP contribution in [0.3, 0.4) is 0 Å². The van der Waals surface area contributed by atoms with E-state index in [4.69, 9.17) is 4.52 Å². The number of hydrogen-bond donors (Lipinski definition) is 1. The standard InChI is InChI=1S/C18H14N4O2/c1-10-3-6-12(7-4-10)16-21-18(24-22-16)14-9-19-17-13(15(14)23)8-5-11(2)20-17/h3-9H,1-2H3,(H,19,20,23). The molecule has 0 bridgehead atoms. The lowest BCUT2D eigenvalue weighted by Crippen LogP contribution is -2.07. The summed E-state index contributed by atoms with van der Waals surface area (Å²) in [6, 6.07) is 11.3. The molecule has 1 aromatic carbocycles. The monoisotopic (exact) mass is 318 g/mol. The van der Waals surface area contributed by atoms with Crippen LogP contribution in [0, 0.1) is 13.8 Å². The number of aromatic amines is 1. The maximum absolute atomic E-state index is 12.6. The van der Waals surface area contributed by atoms with E-state index in [0.717, 1.165) is 16.8 Å². The summed E-state index contributed by atoms with van der Waals surface area (Å²) in [5.74, 6) is 0.640. The second-order valence-corrected chi connectivity index (χ2v) is 5.67. The van der Waals surface area contributed by atoms with E-state index in [-0.39, 0.29) is 11.3 Å². The Morgan fingerprint density at radius 3 is 2.58 bits per heavy atom. The zero-order chi connectivity index (χ0) is 16.7. The van der Waals surface area contributed by atoms with E-state index >= 15 is 0 Å². The molecule has 0 spiro atoms. The third-order valence-electron chi connectivity index (χ3n) is 3.84. The number of benzene rings is 1. The summed E-state index contributed by atoms with van der Waals surface area (Å²) in [4.78, 5) is 24.3. The molecule has 3 aromatic heterocycles. The van der Waals surface area contributed by atoms with Crippen molar-refractivity contribution in [2.45, 2.75) is 13.8 Å². The van der Waals surface area contributed by atoms with E-state index in [1.165, 1.54) is 0 Å². The van der Waals surface area contributed by atoms with Crippen molar-refractivity contribution >= 4 is 11.0 Å². The van der Waals surface area contributed by atoms with Crippen molar-refractivity contribution in [2.24, 2.45) is 0 Å². The van der Waals surface area contributed by atoms with Crippen LogP contribution in [0.15, 0.2) is 51.9 Å². The van der Waals surface area contributed by atoms with Crippen LogP contribution in [0.2, 0.25) is 0 Å². The summed E-state index contributed by atoms with van der Waals surface area (Å²) in [6.07, 6.45) is 1.56. The lowest BCUT2D eigenvalue weighted by molar-refractivity contribution is 0.432. The van der Waals surface area contributed by atoms with Crippen LogP contribution >= 0.6 is 0 Å². The second kappa shape index (κ2) is 5.42. The van der Waals surface area contributed by atoms with E-state index in [9.17, 15) is 4.79 Å². The predicted octanol–water partition coefficient (Wildman–Crippen LogP) is 3.26. The largest absolute Gasteiger partial charge is 0.345 e. The molecule has 0 fully saturated rings. The van der Waals surface area contributed by atoms with Gasteiger partial charge in [0.2, 0.25) is 11.3 Å². The molecular formula is C18H14N4O2. The molecule has 0 aliphatic rings. The van der Waals surface area contributed by atoms with Crippen molar-refractivity contribution in [3.05, 3.63) is 64.1 Å². The lowest BCUT2D eigenvalue weighted by Gasteiger charge is -2.00. The van der Waals surface area contributed by atoms with Crippen molar-refractivity contribution in [1.82, 2.24) is 20.1 Å². The number of aryl methyl sites for hydroxylation is 2. The molecule has 0 saturated carbocycles. The number of rotatable bonds is 2. The number of nitrogens with one attached hydrogen (secondary N) is 1. The normalized spacial score (nSPS) is 11.1. The van der Waals surface area contributed by atoms with Gasteiger partial charge in [-0.25, -0.2) is 4.98 Å². The Kier molecular flexibility index (Phi) is 3.23. The zero-order valence-corrected chi connectivity index (χ0v) is 13.2. The highest BCUT2D eigenvalue weighted by molar-refractivity contribution is 5.79. The minimum Gasteiger partial charge on any atom is -0.345 e. The Balaban J connectivity index is 1.81. The molecule has 0 aliphatic heterocycles. The fourth-order valence-corrected chi connectivity index (χ4v) is 2.51. The highest BCUT2D eigenvalue weighted by Gasteiger charge is 2.15. The number of H-pyrrole nitrogens is 1. The molecule has 4 rings (SSSR count). The van der Waals surface area contributed by atoms with Gasteiger partial charge < -0.3 is 9.51 Å². The van der Waals surface area contributed by atoms with Gasteiger partial charge in [-0.3, -0.25) is 4.79 Å². The van der Waals surface area contributed by atoms with Gasteiger partial charge in [-0.05, 0) is 26.0 Å². The van der Waals surface area contributed by atoms with Gasteiger partial charge in [0.05, 0.1) is 5.39 Å². The van der Waals surface area contributed by atoms with Crippen molar-refractivity contribution in [1.29, 1.82) is 0 Å². The number of fused-ring (bicyclic) bond motifs is 1. The first-order valence-electron chi connectivity index (χ1n) is 7.52. The molecule has 118 valence electrons. The summed E-state index contributed by atoms with van der Waals surface area (Å²) in [5, 5.41) is 4.47. The summed E-state index contributed by atoms with van der Waals surface area (Å²) in [7, 11) is 0. The number of aromatic nitrogens is 4. The van der Waals surface area contributed by atoms with Gasteiger partial charge >= 0.3 is 0 Å². The van der Waals surface area contributed by atoms with Crippen LogP contribution in [-0.2, 0) is 0 Å². The molecule has 6 nitrogen and oxygen atoms in total. The van der Waals surface area contributed by atoms with Crippen LogP contribution in [0.25, 0.3) is 33.9 Å². The molecule has 0 atom stereocenters. The molecule has 3 heterocycles. The minimum absolute atomic E-state index is 0.185. The van der Waals surface area contributed by atoms with Crippen molar-refractivity contribution in [3.8, 4) is 22.8 Å². The number of pyridine rings is 2. The van der Waals surface area contributed by atoms with Gasteiger partial charge in [0.15, 0.2) is 0 Å². The SMILES string of the molecule is Cc1ccc(-c2noc(-c3c[nH]c4nc(C)ccc4c3=O)n2)cc1. The van der Waals surface area contributed by atoms with Gasteiger partial charge in [-0.1, -0.05) is 35.0 Å². The Bertz CT molecular complexity index is 1090. The zero-order valence-electron chi connectivity index (χ0n) is 13.2. The highest BCUT2D eigenvalue weighted by Crippen LogP contribution is 2.21. The average Bonchev–Trinajstić information content (AvgIpc) is 3.05. The Morgan fingerprint density at radius 2 is 1.79 bits per heavy atom. The maximum atomic E-state index is 12.6. The quantitative estimate of drug-likeness (QED) is 0.613. The van der Waals surface area contributed by atoms with Gasteiger partial charge in [-0.2, -0.15) is 4.98 Å². The first-order valence-corrected chi connectivity index (χ1v) is 7.52. The summed E-state index contributed by atoms with van der Waals surface area (Å²) in [5.41, 5.74) is 3.52. The molecule has 0 saturated heterocycles. The van der Waals surface area contributed by atoms with Crippen LogP contribution in [0.1, 0.15) is 11.3 Å². The predicted molar refractivity (Wildman–Crippen MR) is 90.6 cm³/mol. The highest BCUT2D eigenvalue weighted by atomic mass is 16.5. The van der Waals surface area contributed by atoms with Gasteiger partial charge in [0.1, 0.15) is 11.2 Å². The Morgan fingerprint density at radius 1 is 1.00 bits per heavy atom. The lowest BCUT2D eigenvalue weighted by atomic mass is 10.1. The van der Waals surface area contributed by atoms with Crippen LogP contribution in [0.5, 0.6) is 0 Å². The molecule has 0 radical (unpaired) electrons. The maximum Gasteiger partial charge on any atom is 0.263 e. The van der Waals surface area contributed by atoms with Gasteiger partial charge in [0.25, 0.3) is 5.89 Å². The molecule has 6 heteroatoms. The van der Waals surface area contributed by atoms with Gasteiger partial charge in [0, 0.05) is 17.5 Å². The second-order valence-electron chi connectivity index (χ2n) is 5.67. The summed E-state index contributed by atoms with van der Waals surface area (Å²) < 4.78 is 5.29.